The summed E-state index contributed by atoms with van der Waals surface area (Å²) in [6.07, 6.45) is 1.22. The van der Waals surface area contributed by atoms with Gasteiger partial charge in [-0.3, -0.25) is 0 Å². The van der Waals surface area contributed by atoms with Gasteiger partial charge in [-0.25, -0.2) is 4.79 Å². The van der Waals surface area contributed by atoms with E-state index in [-0.39, 0.29) is 5.57 Å². The molecule has 1 rings (SSSR count). The number of carbonyl (C=O) groups excluding carboxylic acids is 1. The Kier molecular flexibility index (Phi) is 4.83. The van der Waals surface area contributed by atoms with Crippen LogP contribution in [-0.2, 0) is 9.53 Å². The van der Waals surface area contributed by atoms with E-state index in [1.165, 1.54) is 13.3 Å². The van der Waals surface area contributed by atoms with Crippen LogP contribution < -0.4 is 5.32 Å². The van der Waals surface area contributed by atoms with Crippen LogP contribution in [0.25, 0.3) is 0 Å². The third kappa shape index (κ3) is 3.66. The zero-order valence-electron chi connectivity index (χ0n) is 8.83. The Balaban J connectivity index is 2.88. The zero-order valence-corrected chi connectivity index (χ0v) is 10.3. The molecule has 0 spiro atoms. The van der Waals surface area contributed by atoms with Gasteiger partial charge in [0, 0.05) is 11.2 Å². The summed E-state index contributed by atoms with van der Waals surface area (Å²) in [5.41, 5.74) is 0.381. The monoisotopic (exact) mass is 270 g/mol. The number of methoxy groups -OCH3 is 1. The summed E-state index contributed by atoms with van der Waals surface area (Å²) in [7, 11) is 1.20. The van der Waals surface area contributed by atoms with Crippen molar-refractivity contribution < 1.29 is 9.53 Å². The van der Waals surface area contributed by atoms with Crippen LogP contribution in [0.3, 0.4) is 0 Å². The molecule has 0 atom stereocenters. The fourth-order valence-corrected chi connectivity index (χ4v) is 1.47. The Labute approximate surface area is 108 Å². The lowest BCUT2D eigenvalue weighted by molar-refractivity contribution is -0.135. The fourth-order valence-electron chi connectivity index (χ4n) is 1.00. The van der Waals surface area contributed by atoms with Crippen LogP contribution >= 0.6 is 23.2 Å². The molecule has 1 aromatic rings. The van der Waals surface area contributed by atoms with Crippen molar-refractivity contribution in [2.45, 2.75) is 0 Å². The molecule has 0 aromatic heterocycles. The topological polar surface area (TPSA) is 62.1 Å². The molecule has 0 amide bonds. The predicted molar refractivity (Wildman–Crippen MR) is 65.8 cm³/mol. The number of hydrogen-bond acceptors (Lipinski definition) is 4. The third-order valence-corrected chi connectivity index (χ3v) is 2.38. The SMILES string of the molecule is COC(=O)/C(C#N)=C/Nc1ccc(Cl)cc1Cl. The number of rotatable bonds is 3. The van der Waals surface area contributed by atoms with E-state index in [1.807, 2.05) is 0 Å². The minimum atomic E-state index is -0.718. The molecule has 4 nitrogen and oxygen atoms in total. The molecule has 6 heteroatoms. The van der Waals surface area contributed by atoms with Crippen LogP contribution in [0.4, 0.5) is 5.69 Å². The molecule has 88 valence electrons. The average molecular weight is 271 g/mol. The van der Waals surface area contributed by atoms with Gasteiger partial charge in [-0.1, -0.05) is 23.2 Å². The zero-order chi connectivity index (χ0) is 12.8. The van der Waals surface area contributed by atoms with E-state index in [0.717, 1.165) is 0 Å². The largest absolute Gasteiger partial charge is 0.465 e. The van der Waals surface area contributed by atoms with Crippen LogP contribution in [0, 0.1) is 11.3 Å². The second kappa shape index (κ2) is 6.14. The molecule has 0 heterocycles. The Bertz CT molecular complexity index is 507. The van der Waals surface area contributed by atoms with Gasteiger partial charge < -0.3 is 10.1 Å². The van der Waals surface area contributed by atoms with Crippen LogP contribution in [0.15, 0.2) is 30.0 Å². The van der Waals surface area contributed by atoms with E-state index >= 15 is 0 Å². The molecule has 0 saturated heterocycles. The molecule has 0 radical (unpaired) electrons. The maximum absolute atomic E-state index is 11.1. The lowest BCUT2D eigenvalue weighted by Gasteiger charge is -2.04. The van der Waals surface area contributed by atoms with Crippen molar-refractivity contribution in [3.63, 3.8) is 0 Å². The minimum absolute atomic E-state index is 0.154. The van der Waals surface area contributed by atoms with E-state index in [9.17, 15) is 4.79 Å². The fraction of sp³-hybridized carbons (Fsp3) is 0.0909. The van der Waals surface area contributed by atoms with Gasteiger partial charge in [-0.2, -0.15) is 5.26 Å². The smallest absolute Gasteiger partial charge is 0.350 e. The van der Waals surface area contributed by atoms with Gasteiger partial charge in [0.25, 0.3) is 0 Å². The highest BCUT2D eigenvalue weighted by Crippen LogP contribution is 2.25. The summed E-state index contributed by atoms with van der Waals surface area (Å²) in [5, 5.41) is 12.3. The van der Waals surface area contributed by atoms with Crippen molar-refractivity contribution in [2.75, 3.05) is 12.4 Å². The highest BCUT2D eigenvalue weighted by molar-refractivity contribution is 6.36. The van der Waals surface area contributed by atoms with Gasteiger partial charge >= 0.3 is 5.97 Å². The molecule has 0 fully saturated rings. The normalized spacial score (nSPS) is 10.6. The maximum Gasteiger partial charge on any atom is 0.350 e. The predicted octanol–water partition coefficient (Wildman–Crippen LogP) is 2.99. The second-order valence-electron chi connectivity index (χ2n) is 2.93. The number of hydrogen-bond donors (Lipinski definition) is 1. The summed E-state index contributed by atoms with van der Waals surface area (Å²) in [6.45, 7) is 0. The molecular weight excluding hydrogens is 263 g/mol. The van der Waals surface area contributed by atoms with E-state index in [4.69, 9.17) is 28.5 Å². The lowest BCUT2D eigenvalue weighted by atomic mass is 10.3. The Morgan fingerprint density at radius 2 is 2.24 bits per heavy atom. The summed E-state index contributed by atoms with van der Waals surface area (Å²) in [5.74, 6) is -0.718. The van der Waals surface area contributed by atoms with Crippen molar-refractivity contribution >= 4 is 34.9 Å². The first-order valence-corrected chi connectivity index (χ1v) is 5.24. The number of carbonyl (C=O) groups is 1. The van der Waals surface area contributed by atoms with Crippen molar-refractivity contribution in [2.24, 2.45) is 0 Å². The molecule has 0 unspecified atom stereocenters. The number of nitrogens with zero attached hydrogens (tertiary/aromatic N) is 1. The molecule has 0 aliphatic carbocycles. The van der Waals surface area contributed by atoms with Crippen LogP contribution in [0.5, 0.6) is 0 Å². The highest BCUT2D eigenvalue weighted by Gasteiger charge is 2.08. The average Bonchev–Trinajstić information content (AvgIpc) is 2.31. The number of ether oxygens (including phenoxy) is 1. The number of anilines is 1. The van der Waals surface area contributed by atoms with Crippen molar-refractivity contribution in [3.8, 4) is 6.07 Å². The third-order valence-electron chi connectivity index (χ3n) is 1.83. The number of nitriles is 1. The molecule has 0 aliphatic heterocycles. The second-order valence-corrected chi connectivity index (χ2v) is 3.77. The lowest BCUT2D eigenvalue weighted by Crippen LogP contribution is -2.05. The summed E-state index contributed by atoms with van der Waals surface area (Å²) in [4.78, 5) is 11.1. The molecule has 0 bridgehead atoms. The number of nitrogens with one attached hydrogen (secondary N) is 1. The van der Waals surface area contributed by atoms with Gasteiger partial charge in [-0.05, 0) is 18.2 Å². The van der Waals surface area contributed by atoms with Crippen molar-refractivity contribution in [1.82, 2.24) is 0 Å². The van der Waals surface area contributed by atoms with E-state index in [0.29, 0.717) is 15.7 Å². The molecule has 17 heavy (non-hydrogen) atoms. The molecule has 0 saturated carbocycles. The van der Waals surface area contributed by atoms with Gasteiger partial charge in [-0.15, -0.1) is 0 Å². The van der Waals surface area contributed by atoms with Gasteiger partial charge in [0.15, 0.2) is 5.57 Å². The molecular formula is C11H8Cl2N2O2. The van der Waals surface area contributed by atoms with Crippen molar-refractivity contribution in [3.05, 3.63) is 40.0 Å². The van der Waals surface area contributed by atoms with Gasteiger partial charge in [0.2, 0.25) is 0 Å². The van der Waals surface area contributed by atoms with E-state index in [1.54, 1.807) is 24.3 Å². The Morgan fingerprint density at radius 3 is 2.76 bits per heavy atom. The van der Waals surface area contributed by atoms with Crippen LogP contribution in [-0.4, -0.2) is 13.1 Å². The minimum Gasteiger partial charge on any atom is -0.465 e. The summed E-state index contributed by atoms with van der Waals surface area (Å²) >= 11 is 11.6. The first-order valence-electron chi connectivity index (χ1n) is 4.48. The first kappa shape index (κ1) is 13.4. The van der Waals surface area contributed by atoms with Crippen LogP contribution in [0.1, 0.15) is 0 Å². The van der Waals surface area contributed by atoms with E-state index < -0.39 is 5.97 Å². The molecule has 1 N–H and O–H groups in total. The highest BCUT2D eigenvalue weighted by atomic mass is 35.5. The van der Waals surface area contributed by atoms with Gasteiger partial charge in [0.1, 0.15) is 6.07 Å². The summed E-state index contributed by atoms with van der Waals surface area (Å²) in [6, 6.07) is 6.52. The molecule has 1 aromatic carbocycles. The Morgan fingerprint density at radius 1 is 1.53 bits per heavy atom. The van der Waals surface area contributed by atoms with E-state index in [2.05, 4.69) is 10.1 Å². The number of esters is 1. The summed E-state index contributed by atoms with van der Waals surface area (Å²) < 4.78 is 4.42. The quantitative estimate of drug-likeness (QED) is 0.521. The van der Waals surface area contributed by atoms with Crippen LogP contribution in [0.2, 0.25) is 10.0 Å². The number of halogens is 2. The van der Waals surface area contributed by atoms with Crippen molar-refractivity contribution in [1.29, 1.82) is 5.26 Å². The standard InChI is InChI=1S/C11H8Cl2N2O2/c1-17-11(16)7(5-14)6-15-10-3-2-8(12)4-9(10)13/h2-4,6,15H,1H3/b7-6+. The first-order chi connectivity index (χ1) is 8.08. The maximum atomic E-state index is 11.1. The molecule has 0 aliphatic rings. The van der Waals surface area contributed by atoms with Gasteiger partial charge in [0.05, 0.1) is 17.8 Å². The Hall–Kier alpha value is -1.70. The number of benzene rings is 1.